The van der Waals surface area contributed by atoms with Gasteiger partial charge in [0.15, 0.2) is 0 Å². The summed E-state index contributed by atoms with van der Waals surface area (Å²) in [6.07, 6.45) is 0.839. The Bertz CT molecular complexity index is 1020. The van der Waals surface area contributed by atoms with E-state index in [1.807, 2.05) is 55.5 Å². The number of thioether (sulfide) groups is 1. The predicted octanol–water partition coefficient (Wildman–Crippen LogP) is 3.68. The lowest BCUT2D eigenvalue weighted by Gasteiger charge is -2.26. The molecule has 156 valence electrons. The summed E-state index contributed by atoms with van der Waals surface area (Å²) in [4.78, 5) is 42.9. The number of fused-ring (bicyclic) bond motifs is 1. The molecule has 6 nitrogen and oxygen atoms in total. The van der Waals surface area contributed by atoms with Gasteiger partial charge in [0.2, 0.25) is 5.91 Å². The van der Waals surface area contributed by atoms with Crippen molar-refractivity contribution in [1.82, 2.24) is 10.2 Å². The standard InChI is InChI=1S/C23H25N3O3S/c1-15-8-4-5-9-17(15)23(3)21(28)26(22(29)24-23)14-20(27)25-13-12-16(2)30-19-11-7-6-10-18(19)25/h4-11,16H,12-14H2,1-3H3,(H,24,29). The molecule has 1 saturated heterocycles. The molecular weight excluding hydrogens is 398 g/mol. The van der Waals surface area contributed by atoms with Crippen LogP contribution in [0, 0.1) is 6.92 Å². The van der Waals surface area contributed by atoms with Gasteiger partial charge in [-0.25, -0.2) is 4.79 Å². The monoisotopic (exact) mass is 423 g/mol. The van der Waals surface area contributed by atoms with E-state index in [9.17, 15) is 14.4 Å². The zero-order valence-corrected chi connectivity index (χ0v) is 18.2. The number of hydrogen-bond acceptors (Lipinski definition) is 4. The number of nitrogens with zero attached hydrogens (tertiary/aromatic N) is 2. The van der Waals surface area contributed by atoms with E-state index in [1.165, 1.54) is 0 Å². The average molecular weight is 424 g/mol. The number of carbonyl (C=O) groups is 3. The molecule has 0 spiro atoms. The van der Waals surface area contributed by atoms with Crippen LogP contribution in [0.3, 0.4) is 0 Å². The van der Waals surface area contributed by atoms with Crippen LogP contribution in [0.5, 0.6) is 0 Å². The summed E-state index contributed by atoms with van der Waals surface area (Å²) in [5.41, 5.74) is 1.31. The van der Waals surface area contributed by atoms with Gasteiger partial charge < -0.3 is 10.2 Å². The van der Waals surface area contributed by atoms with Crippen molar-refractivity contribution in [2.75, 3.05) is 18.0 Å². The zero-order chi connectivity index (χ0) is 21.5. The van der Waals surface area contributed by atoms with Crippen LogP contribution in [0.1, 0.15) is 31.4 Å². The number of carbonyl (C=O) groups excluding carboxylic acids is 3. The largest absolute Gasteiger partial charge is 0.325 e. The van der Waals surface area contributed by atoms with E-state index in [0.717, 1.165) is 33.0 Å². The lowest BCUT2D eigenvalue weighted by Crippen LogP contribution is -2.45. The lowest BCUT2D eigenvalue weighted by atomic mass is 9.88. The molecule has 2 aliphatic rings. The molecule has 2 aromatic carbocycles. The summed E-state index contributed by atoms with van der Waals surface area (Å²) in [7, 11) is 0. The van der Waals surface area contributed by atoms with Gasteiger partial charge >= 0.3 is 6.03 Å². The number of aryl methyl sites for hydroxylation is 1. The molecule has 0 saturated carbocycles. The van der Waals surface area contributed by atoms with E-state index >= 15 is 0 Å². The van der Waals surface area contributed by atoms with Gasteiger partial charge in [-0.15, -0.1) is 11.8 Å². The second-order valence-electron chi connectivity index (χ2n) is 7.99. The molecule has 30 heavy (non-hydrogen) atoms. The lowest BCUT2D eigenvalue weighted by molar-refractivity contribution is -0.134. The Morgan fingerprint density at radius 2 is 1.87 bits per heavy atom. The molecule has 4 rings (SSSR count). The van der Waals surface area contributed by atoms with Gasteiger partial charge in [-0.1, -0.05) is 43.3 Å². The number of hydrogen-bond donors (Lipinski definition) is 1. The molecule has 0 bridgehead atoms. The topological polar surface area (TPSA) is 69.7 Å². The maximum Gasteiger partial charge on any atom is 0.325 e. The Balaban J connectivity index is 1.59. The summed E-state index contributed by atoms with van der Waals surface area (Å²) >= 11 is 1.74. The number of amides is 4. The molecule has 1 fully saturated rings. The van der Waals surface area contributed by atoms with E-state index in [1.54, 1.807) is 23.6 Å². The fraction of sp³-hybridized carbons (Fsp3) is 0.348. The predicted molar refractivity (Wildman–Crippen MR) is 118 cm³/mol. The van der Waals surface area contributed by atoms with E-state index in [4.69, 9.17) is 0 Å². The highest BCUT2D eigenvalue weighted by atomic mass is 32.2. The number of anilines is 1. The SMILES string of the molecule is Cc1ccccc1C1(C)NC(=O)N(CC(=O)N2CCC(C)Sc3ccccc32)C1=O. The van der Waals surface area contributed by atoms with Crippen molar-refractivity contribution < 1.29 is 14.4 Å². The van der Waals surface area contributed by atoms with E-state index in [0.29, 0.717) is 11.8 Å². The Morgan fingerprint density at radius 3 is 2.63 bits per heavy atom. The van der Waals surface area contributed by atoms with E-state index in [2.05, 4.69) is 12.2 Å². The van der Waals surface area contributed by atoms with Crippen molar-refractivity contribution in [1.29, 1.82) is 0 Å². The molecule has 2 aromatic rings. The first kappa shape index (κ1) is 20.5. The molecule has 4 amide bonds. The van der Waals surface area contributed by atoms with Crippen LogP contribution in [-0.4, -0.2) is 41.1 Å². The first-order valence-corrected chi connectivity index (χ1v) is 11.0. The fourth-order valence-corrected chi connectivity index (χ4v) is 5.24. The molecule has 2 unspecified atom stereocenters. The fourth-order valence-electron chi connectivity index (χ4n) is 4.12. The normalized spacial score (nSPS) is 23.8. The van der Waals surface area contributed by atoms with Crippen molar-refractivity contribution in [3.63, 3.8) is 0 Å². The minimum atomic E-state index is -1.18. The van der Waals surface area contributed by atoms with Gasteiger partial charge in [-0.2, -0.15) is 0 Å². The zero-order valence-electron chi connectivity index (χ0n) is 17.3. The second kappa shape index (κ2) is 7.80. The van der Waals surface area contributed by atoms with E-state index in [-0.39, 0.29) is 12.5 Å². The average Bonchev–Trinajstić information content (AvgIpc) is 2.85. The first-order chi connectivity index (χ1) is 14.3. The summed E-state index contributed by atoms with van der Waals surface area (Å²) in [6.45, 7) is 6.02. The Labute approximate surface area is 180 Å². The number of urea groups is 1. The second-order valence-corrected chi connectivity index (χ2v) is 9.47. The number of imide groups is 1. The molecule has 0 aliphatic carbocycles. The number of rotatable bonds is 3. The van der Waals surface area contributed by atoms with Crippen LogP contribution in [0.4, 0.5) is 10.5 Å². The van der Waals surface area contributed by atoms with Crippen LogP contribution in [0.15, 0.2) is 53.4 Å². The van der Waals surface area contributed by atoms with Crippen molar-refractivity contribution >= 4 is 35.3 Å². The molecule has 1 N–H and O–H groups in total. The minimum absolute atomic E-state index is 0.255. The van der Waals surface area contributed by atoms with Gasteiger partial charge in [0.25, 0.3) is 5.91 Å². The third-order valence-corrected chi connectivity index (χ3v) is 7.03. The third kappa shape index (κ3) is 3.47. The highest BCUT2D eigenvalue weighted by molar-refractivity contribution is 8.00. The van der Waals surface area contributed by atoms with Gasteiger partial charge in [-0.05, 0) is 43.5 Å². The quantitative estimate of drug-likeness (QED) is 0.765. The Hall–Kier alpha value is -2.80. The molecule has 2 heterocycles. The molecule has 0 radical (unpaired) electrons. The number of nitrogens with one attached hydrogen (secondary N) is 1. The number of benzene rings is 2. The summed E-state index contributed by atoms with van der Waals surface area (Å²) < 4.78 is 0. The summed E-state index contributed by atoms with van der Waals surface area (Å²) in [5, 5.41) is 3.18. The van der Waals surface area contributed by atoms with Gasteiger partial charge in [0.05, 0.1) is 5.69 Å². The molecule has 0 aromatic heterocycles. The van der Waals surface area contributed by atoms with Crippen LogP contribution < -0.4 is 10.2 Å². The van der Waals surface area contributed by atoms with Crippen molar-refractivity contribution in [2.45, 2.75) is 42.9 Å². The van der Waals surface area contributed by atoms with Gasteiger partial charge in [0, 0.05) is 16.7 Å². The summed E-state index contributed by atoms with van der Waals surface area (Å²) in [6, 6.07) is 14.7. The van der Waals surface area contributed by atoms with Crippen LogP contribution in [0.25, 0.3) is 0 Å². The molecule has 2 aliphatic heterocycles. The molecule has 7 heteroatoms. The highest BCUT2D eigenvalue weighted by Gasteiger charge is 2.50. The van der Waals surface area contributed by atoms with Crippen molar-refractivity contribution in [3.05, 3.63) is 59.7 Å². The number of para-hydroxylation sites is 1. The van der Waals surface area contributed by atoms with Crippen LogP contribution >= 0.6 is 11.8 Å². The maximum atomic E-state index is 13.2. The van der Waals surface area contributed by atoms with Gasteiger partial charge in [-0.3, -0.25) is 14.5 Å². The smallest absolute Gasteiger partial charge is 0.319 e. The minimum Gasteiger partial charge on any atom is -0.319 e. The Morgan fingerprint density at radius 1 is 1.17 bits per heavy atom. The van der Waals surface area contributed by atoms with Crippen molar-refractivity contribution in [2.24, 2.45) is 0 Å². The van der Waals surface area contributed by atoms with Crippen molar-refractivity contribution in [3.8, 4) is 0 Å². The molecular formula is C23H25N3O3S. The van der Waals surface area contributed by atoms with E-state index < -0.39 is 17.5 Å². The van der Waals surface area contributed by atoms with Gasteiger partial charge in [0.1, 0.15) is 12.1 Å². The third-order valence-electron chi connectivity index (χ3n) is 5.80. The maximum absolute atomic E-state index is 13.2. The summed E-state index contributed by atoms with van der Waals surface area (Å²) in [5.74, 6) is -0.657. The first-order valence-electron chi connectivity index (χ1n) is 10.1. The highest BCUT2D eigenvalue weighted by Crippen LogP contribution is 2.37. The Kier molecular flexibility index (Phi) is 5.32. The van der Waals surface area contributed by atoms with Crippen LogP contribution in [0.2, 0.25) is 0 Å². The molecule has 2 atom stereocenters. The van der Waals surface area contributed by atoms with Crippen LogP contribution in [-0.2, 0) is 15.1 Å².